The van der Waals surface area contributed by atoms with Gasteiger partial charge >= 0.3 is 0 Å². The third-order valence-electron chi connectivity index (χ3n) is 5.50. The number of hydrogen-bond donors (Lipinski definition) is 4. The van der Waals surface area contributed by atoms with Crippen molar-refractivity contribution in [1.82, 2.24) is 19.9 Å². The van der Waals surface area contributed by atoms with Crippen molar-refractivity contribution in [2.24, 2.45) is 0 Å². The van der Waals surface area contributed by atoms with Crippen molar-refractivity contribution in [3.63, 3.8) is 0 Å². The molecule has 5 aromatic rings. The molecule has 3 heterocycles. The van der Waals surface area contributed by atoms with E-state index in [4.69, 9.17) is 4.74 Å². The first-order chi connectivity index (χ1) is 17.1. The smallest absolute Gasteiger partial charge is 0.261 e. The summed E-state index contributed by atoms with van der Waals surface area (Å²) < 4.78 is 5.15. The monoisotopic (exact) mass is 502 g/mol. The number of fused-ring (bicyclic) bond motifs is 1. The minimum absolute atomic E-state index is 0. The van der Waals surface area contributed by atoms with Crippen LogP contribution in [0.5, 0.6) is 5.75 Å². The van der Waals surface area contributed by atoms with E-state index in [1.54, 1.807) is 55.9 Å². The number of hydrogen-bond acceptors (Lipinski definition) is 6. The maximum absolute atomic E-state index is 12.8. The number of pyridine rings is 2. The van der Waals surface area contributed by atoms with E-state index < -0.39 is 0 Å². The number of carbonyl (C=O) groups is 1. The fraction of sp³-hybridized carbons (Fsp3) is 0.0769. The van der Waals surface area contributed by atoms with E-state index in [1.807, 2.05) is 30.3 Å². The predicted octanol–water partition coefficient (Wildman–Crippen LogP) is 4.61. The number of rotatable bonds is 7. The third-order valence-corrected chi connectivity index (χ3v) is 5.50. The summed E-state index contributed by atoms with van der Waals surface area (Å²) in [5.74, 6) is 0.776. The molecule has 0 radical (unpaired) electrons. The summed E-state index contributed by atoms with van der Waals surface area (Å²) in [6.45, 7) is 0.445. The zero-order valence-electron chi connectivity index (χ0n) is 19.2. The van der Waals surface area contributed by atoms with Crippen molar-refractivity contribution in [2.45, 2.75) is 6.54 Å². The Balaban J connectivity index is 0.00000304. The van der Waals surface area contributed by atoms with Gasteiger partial charge < -0.3 is 25.3 Å². The zero-order chi connectivity index (χ0) is 24.2. The normalized spacial score (nSPS) is 10.5. The van der Waals surface area contributed by atoms with Gasteiger partial charge in [-0.2, -0.15) is 0 Å². The molecule has 3 aromatic heterocycles. The van der Waals surface area contributed by atoms with E-state index in [0.29, 0.717) is 51.7 Å². The summed E-state index contributed by atoms with van der Waals surface area (Å²) in [5.41, 5.74) is 3.77. The first kappa shape index (κ1) is 24.5. The number of imidazole rings is 1. The molecule has 0 atom stereocenters. The number of methoxy groups -OCH3 is 1. The minimum Gasteiger partial charge on any atom is -0.497 e. The molecular formula is C26H23ClN6O3. The SMILES string of the molecule is COc1ccc(C(=O)Nc2cccc3[nH]c(-c4c(NCc5ccccn5)cc[nH]c4=O)nc23)cc1.Cl. The molecule has 0 aliphatic rings. The van der Waals surface area contributed by atoms with Gasteiger partial charge in [0.15, 0.2) is 0 Å². The first-order valence-corrected chi connectivity index (χ1v) is 10.9. The van der Waals surface area contributed by atoms with Crippen LogP contribution in [-0.4, -0.2) is 33.0 Å². The van der Waals surface area contributed by atoms with Gasteiger partial charge in [-0.15, -0.1) is 12.4 Å². The molecule has 182 valence electrons. The Labute approximate surface area is 212 Å². The van der Waals surface area contributed by atoms with E-state index in [9.17, 15) is 9.59 Å². The lowest BCUT2D eigenvalue weighted by Crippen LogP contribution is -2.13. The Bertz CT molecular complexity index is 1550. The molecule has 1 amide bonds. The number of aromatic amines is 2. The number of benzene rings is 2. The number of H-pyrrole nitrogens is 2. The summed E-state index contributed by atoms with van der Waals surface area (Å²) >= 11 is 0. The van der Waals surface area contributed by atoms with Gasteiger partial charge in [0.1, 0.15) is 22.7 Å². The second kappa shape index (κ2) is 10.7. The average Bonchev–Trinajstić information content (AvgIpc) is 3.33. The Morgan fingerprint density at radius 2 is 1.83 bits per heavy atom. The van der Waals surface area contributed by atoms with Gasteiger partial charge in [0.2, 0.25) is 0 Å². The number of carbonyl (C=O) groups excluding carboxylic acids is 1. The molecule has 4 N–H and O–H groups in total. The van der Waals surface area contributed by atoms with E-state index >= 15 is 0 Å². The van der Waals surface area contributed by atoms with E-state index in [-0.39, 0.29) is 23.9 Å². The molecule has 0 saturated carbocycles. The summed E-state index contributed by atoms with van der Waals surface area (Å²) in [4.78, 5) is 40.5. The van der Waals surface area contributed by atoms with Crippen LogP contribution in [0.25, 0.3) is 22.4 Å². The fourth-order valence-electron chi connectivity index (χ4n) is 3.74. The van der Waals surface area contributed by atoms with Crippen molar-refractivity contribution < 1.29 is 9.53 Å². The number of amides is 1. The van der Waals surface area contributed by atoms with Crippen molar-refractivity contribution in [2.75, 3.05) is 17.7 Å². The van der Waals surface area contributed by atoms with Crippen LogP contribution in [0.4, 0.5) is 11.4 Å². The Hall–Kier alpha value is -4.63. The molecule has 9 nitrogen and oxygen atoms in total. The zero-order valence-corrected chi connectivity index (χ0v) is 20.1. The van der Waals surface area contributed by atoms with Crippen LogP contribution >= 0.6 is 12.4 Å². The van der Waals surface area contributed by atoms with Gasteiger partial charge in [0, 0.05) is 18.0 Å². The molecule has 0 fully saturated rings. The number of nitrogens with zero attached hydrogens (tertiary/aromatic N) is 2. The maximum atomic E-state index is 12.8. The molecular weight excluding hydrogens is 480 g/mol. The highest BCUT2D eigenvalue weighted by Crippen LogP contribution is 2.28. The first-order valence-electron chi connectivity index (χ1n) is 10.9. The molecule has 0 bridgehead atoms. The molecule has 10 heteroatoms. The molecule has 0 aliphatic heterocycles. The predicted molar refractivity (Wildman–Crippen MR) is 142 cm³/mol. The van der Waals surface area contributed by atoms with Crippen LogP contribution in [0.15, 0.2) is 83.9 Å². The van der Waals surface area contributed by atoms with Gasteiger partial charge in [-0.25, -0.2) is 4.98 Å². The van der Waals surface area contributed by atoms with Crippen LogP contribution in [0, 0.1) is 0 Å². The summed E-state index contributed by atoms with van der Waals surface area (Å²) in [6.07, 6.45) is 3.30. The van der Waals surface area contributed by atoms with Crippen LogP contribution in [-0.2, 0) is 6.54 Å². The van der Waals surface area contributed by atoms with Crippen LogP contribution < -0.4 is 20.9 Å². The van der Waals surface area contributed by atoms with Crippen molar-refractivity contribution in [3.8, 4) is 17.1 Å². The Morgan fingerprint density at radius 3 is 2.58 bits per heavy atom. The third kappa shape index (κ3) is 5.06. The molecule has 0 spiro atoms. The molecule has 2 aromatic carbocycles. The lowest BCUT2D eigenvalue weighted by molar-refractivity contribution is 0.102. The summed E-state index contributed by atoms with van der Waals surface area (Å²) in [6, 6.07) is 19.7. The van der Waals surface area contributed by atoms with E-state index in [0.717, 1.165) is 5.69 Å². The molecule has 5 rings (SSSR count). The number of aromatic nitrogens is 4. The molecule has 0 saturated heterocycles. The molecule has 0 unspecified atom stereocenters. The summed E-state index contributed by atoms with van der Waals surface area (Å²) in [7, 11) is 1.57. The maximum Gasteiger partial charge on any atom is 0.261 e. The molecule has 36 heavy (non-hydrogen) atoms. The standard InChI is InChI=1S/C26H22N6O3.ClH/c1-35-18-10-8-16(9-11-18)25(33)31-21-7-4-6-20-23(21)32-24(30-20)22-19(12-14-28-26(22)34)29-15-17-5-2-3-13-27-17;/h2-14H,15H2,1H3,(H,30,32)(H,31,33)(H2,28,29,34);1H. The van der Waals surface area contributed by atoms with Crippen LogP contribution in [0.1, 0.15) is 16.1 Å². The number of nitrogens with one attached hydrogen (secondary N) is 4. The van der Waals surface area contributed by atoms with E-state index in [1.165, 1.54) is 0 Å². The summed E-state index contributed by atoms with van der Waals surface area (Å²) in [5, 5.41) is 6.18. The number of ether oxygens (including phenoxy) is 1. The Kier molecular flexibility index (Phi) is 7.31. The Morgan fingerprint density at radius 1 is 1.00 bits per heavy atom. The number of para-hydroxylation sites is 1. The highest BCUT2D eigenvalue weighted by Gasteiger charge is 2.17. The van der Waals surface area contributed by atoms with Crippen LogP contribution in [0.3, 0.4) is 0 Å². The topological polar surface area (TPSA) is 125 Å². The second-order valence-corrected chi connectivity index (χ2v) is 7.74. The lowest BCUT2D eigenvalue weighted by atomic mass is 10.2. The second-order valence-electron chi connectivity index (χ2n) is 7.74. The highest BCUT2D eigenvalue weighted by atomic mass is 35.5. The van der Waals surface area contributed by atoms with Crippen molar-refractivity contribution in [1.29, 1.82) is 0 Å². The van der Waals surface area contributed by atoms with Crippen molar-refractivity contribution in [3.05, 3.63) is 101 Å². The van der Waals surface area contributed by atoms with Gasteiger partial charge in [-0.1, -0.05) is 12.1 Å². The quantitative estimate of drug-likeness (QED) is 0.257. The number of anilines is 2. The lowest BCUT2D eigenvalue weighted by Gasteiger charge is -2.09. The average molecular weight is 503 g/mol. The van der Waals surface area contributed by atoms with Crippen molar-refractivity contribution >= 4 is 40.7 Å². The number of halogens is 1. The van der Waals surface area contributed by atoms with Gasteiger partial charge in [-0.05, 0) is 54.6 Å². The highest BCUT2D eigenvalue weighted by molar-refractivity contribution is 6.08. The van der Waals surface area contributed by atoms with Gasteiger partial charge in [0.25, 0.3) is 11.5 Å². The van der Waals surface area contributed by atoms with E-state index in [2.05, 4.69) is 30.6 Å². The van der Waals surface area contributed by atoms with Gasteiger partial charge in [0.05, 0.1) is 36.2 Å². The largest absolute Gasteiger partial charge is 0.497 e. The van der Waals surface area contributed by atoms with Crippen LogP contribution in [0.2, 0.25) is 0 Å². The molecule has 0 aliphatic carbocycles. The van der Waals surface area contributed by atoms with Gasteiger partial charge in [-0.3, -0.25) is 14.6 Å². The fourth-order valence-corrected chi connectivity index (χ4v) is 3.74. The minimum atomic E-state index is -0.293.